The Morgan fingerprint density at radius 1 is 0.621 bits per heavy atom. The van der Waals surface area contributed by atoms with E-state index >= 15 is 0 Å². The molecule has 2 radical (unpaired) electrons. The summed E-state index contributed by atoms with van der Waals surface area (Å²) in [5.74, 6) is -2.36. The molecule has 0 aromatic heterocycles. The molecule has 0 aliphatic rings. The second-order valence-electron chi connectivity index (χ2n) is 5.82. The molecule has 0 atom stereocenters. The Labute approximate surface area is 191 Å². The molecule has 2 aromatic rings. The minimum atomic E-state index is -1.18. The molecule has 0 saturated heterocycles. The molecule has 0 spiro atoms. The van der Waals surface area contributed by atoms with Crippen LogP contribution in [0.2, 0.25) is 0 Å². The van der Waals surface area contributed by atoms with Crippen LogP contribution in [-0.2, 0) is 0 Å². The first kappa shape index (κ1) is 31.5. The number of anilines is 2. The van der Waals surface area contributed by atoms with Crippen molar-refractivity contribution < 1.29 is 19.8 Å². The average molecular weight is 507 g/mol. The zero-order valence-corrected chi connectivity index (χ0v) is 20.6. The minimum absolute atomic E-state index is 0. The molecule has 0 fully saturated rings. The van der Waals surface area contributed by atoms with Gasteiger partial charge in [-0.15, -0.1) is 0 Å². The molecule has 0 amide bonds. The van der Waals surface area contributed by atoms with E-state index in [-0.39, 0.29) is 35.0 Å². The number of unbranched alkanes of at least 4 members (excludes halogenated alkanes) is 2. The predicted octanol–water partition coefficient (Wildman–Crippen LogP) is 2.50. The van der Waals surface area contributed by atoms with Crippen molar-refractivity contribution in [2.24, 2.45) is 0 Å². The number of carbonyl (C=O) groups is 2. The summed E-state index contributed by atoms with van der Waals surface area (Å²) in [6.07, 6.45) is 5.28. The zero-order chi connectivity index (χ0) is 21.9. The van der Waals surface area contributed by atoms with Crippen molar-refractivity contribution in [1.82, 2.24) is 0 Å². The Hall–Kier alpha value is -2.22. The Kier molecular flexibility index (Phi) is 22.3. The Balaban J connectivity index is -0.000000336. The monoisotopic (exact) mass is 508 g/mol. The van der Waals surface area contributed by atoms with Gasteiger partial charge in [0.1, 0.15) is 0 Å². The number of benzene rings is 2. The summed E-state index contributed by atoms with van der Waals surface area (Å²) in [6, 6.07) is 11.7. The van der Waals surface area contributed by atoms with E-state index in [1.54, 1.807) is 0 Å². The first-order valence-electron chi connectivity index (χ1n) is 9.37. The third-order valence-corrected chi connectivity index (χ3v) is 3.29. The Morgan fingerprint density at radius 2 is 0.828 bits per heavy atom. The number of nitrogen functional groups attached to an aromatic ring is 2. The van der Waals surface area contributed by atoms with Crippen LogP contribution in [0, 0.1) is 0 Å². The quantitative estimate of drug-likeness (QED) is 0.483. The van der Waals surface area contributed by atoms with Crippen molar-refractivity contribution in [3.05, 3.63) is 59.7 Å². The summed E-state index contributed by atoms with van der Waals surface area (Å²) < 4.78 is 0. The summed E-state index contributed by atoms with van der Waals surface area (Å²) in [5.41, 5.74) is 12.0. The zero-order valence-electron chi connectivity index (χ0n) is 17.7. The van der Waals surface area contributed by atoms with Crippen LogP contribution in [-0.4, -0.2) is 35.8 Å². The fraction of sp³-hybridized carbons (Fsp3) is 0.364. The van der Waals surface area contributed by atoms with Crippen LogP contribution in [0.4, 0.5) is 11.4 Å². The third-order valence-electron chi connectivity index (χ3n) is 3.29. The van der Waals surface area contributed by atoms with Gasteiger partial charge >= 0.3 is 23.9 Å². The van der Waals surface area contributed by atoms with Crippen molar-refractivity contribution in [3.63, 3.8) is 0 Å². The van der Waals surface area contributed by atoms with Crippen molar-refractivity contribution in [2.45, 2.75) is 53.4 Å². The molecular weight excluding hydrogens is 475 g/mol. The first-order chi connectivity index (χ1) is 13.2. The SMILES string of the molecule is CCCC.CCCC.Nc1ccc(C(=O)[O-])cc1.Nc1ccc(C(=O)[O-])cc1.[Sn+2]. The van der Waals surface area contributed by atoms with Crippen molar-refractivity contribution in [2.75, 3.05) is 11.5 Å². The largest absolute Gasteiger partial charge is 2.00 e. The summed E-state index contributed by atoms with van der Waals surface area (Å²) >= 11 is 0. The van der Waals surface area contributed by atoms with E-state index in [0.717, 1.165) is 0 Å². The molecule has 0 heterocycles. The number of hydrogen-bond acceptors (Lipinski definition) is 6. The summed E-state index contributed by atoms with van der Waals surface area (Å²) in [5, 5.41) is 20.3. The van der Waals surface area contributed by atoms with Gasteiger partial charge in [-0.1, -0.05) is 77.6 Å². The summed E-state index contributed by atoms with van der Waals surface area (Å²) in [6.45, 7) is 8.72. The molecule has 2 rings (SSSR count). The summed E-state index contributed by atoms with van der Waals surface area (Å²) in [4.78, 5) is 20.3. The van der Waals surface area contributed by atoms with Crippen molar-refractivity contribution >= 4 is 47.2 Å². The molecule has 158 valence electrons. The fourth-order valence-electron chi connectivity index (χ4n) is 1.24. The van der Waals surface area contributed by atoms with E-state index in [1.807, 2.05) is 0 Å². The van der Waals surface area contributed by atoms with Gasteiger partial charge in [0.2, 0.25) is 0 Å². The van der Waals surface area contributed by atoms with Gasteiger partial charge in [-0.3, -0.25) is 0 Å². The molecule has 2 aromatic carbocycles. The van der Waals surface area contributed by atoms with Crippen LogP contribution in [0.25, 0.3) is 0 Å². The van der Waals surface area contributed by atoms with Gasteiger partial charge < -0.3 is 31.3 Å². The van der Waals surface area contributed by atoms with E-state index in [2.05, 4.69) is 27.7 Å². The second kappa shape index (κ2) is 20.5. The molecule has 0 unspecified atom stereocenters. The standard InChI is InChI=1S/2C7H7NO2.2C4H10.Sn/c2*8-6-3-1-5(2-4-6)7(9)10;2*1-3-4-2;/h2*1-4H,8H2,(H,9,10);2*3-4H2,1-2H3;/q;;;;+2/p-2. The number of hydrogen-bond donors (Lipinski definition) is 2. The number of rotatable bonds is 4. The Morgan fingerprint density at radius 3 is 0.966 bits per heavy atom. The van der Waals surface area contributed by atoms with E-state index in [1.165, 1.54) is 74.2 Å². The molecule has 0 saturated carbocycles. The normalized spacial score (nSPS) is 8.41. The van der Waals surface area contributed by atoms with Crippen molar-refractivity contribution in [1.29, 1.82) is 0 Å². The molecule has 4 N–H and O–H groups in total. The molecule has 7 heteroatoms. The second-order valence-corrected chi connectivity index (χ2v) is 5.82. The van der Waals surface area contributed by atoms with Gasteiger partial charge in [0, 0.05) is 11.4 Å². The molecule has 29 heavy (non-hydrogen) atoms. The number of carboxylic acids is 2. The van der Waals surface area contributed by atoms with E-state index in [4.69, 9.17) is 11.5 Å². The Bertz CT molecular complexity index is 596. The van der Waals surface area contributed by atoms with E-state index in [0.29, 0.717) is 11.4 Å². The molecule has 0 bridgehead atoms. The van der Waals surface area contributed by atoms with Crippen LogP contribution < -0.4 is 21.7 Å². The maximum atomic E-state index is 10.2. The van der Waals surface area contributed by atoms with Crippen molar-refractivity contribution in [3.8, 4) is 0 Å². The third kappa shape index (κ3) is 18.9. The summed E-state index contributed by atoms with van der Waals surface area (Å²) in [7, 11) is 0. The molecule has 0 aliphatic heterocycles. The van der Waals surface area contributed by atoms with Crippen LogP contribution in [0.5, 0.6) is 0 Å². The topological polar surface area (TPSA) is 132 Å². The van der Waals surface area contributed by atoms with Gasteiger partial charge in [0.25, 0.3) is 0 Å². The van der Waals surface area contributed by atoms with E-state index < -0.39 is 11.9 Å². The molecule has 0 aliphatic carbocycles. The number of aromatic carboxylic acids is 2. The maximum Gasteiger partial charge on any atom is 2.00 e. The minimum Gasteiger partial charge on any atom is -0.545 e. The van der Waals surface area contributed by atoms with Gasteiger partial charge in [-0.2, -0.15) is 0 Å². The molecule has 6 nitrogen and oxygen atoms in total. The number of carbonyl (C=O) groups excluding carboxylic acids is 2. The van der Waals surface area contributed by atoms with E-state index in [9.17, 15) is 19.8 Å². The number of nitrogens with two attached hydrogens (primary N) is 2. The maximum absolute atomic E-state index is 10.2. The first-order valence-corrected chi connectivity index (χ1v) is 9.37. The van der Waals surface area contributed by atoms with Crippen LogP contribution in [0.1, 0.15) is 74.1 Å². The number of carboxylic acid groups (broad SMARTS) is 2. The predicted molar refractivity (Wildman–Crippen MR) is 117 cm³/mol. The average Bonchev–Trinajstić information content (AvgIpc) is 2.69. The van der Waals surface area contributed by atoms with Crippen LogP contribution in [0.15, 0.2) is 48.5 Å². The van der Waals surface area contributed by atoms with Gasteiger partial charge in [-0.25, -0.2) is 0 Å². The van der Waals surface area contributed by atoms with Gasteiger partial charge in [0.15, 0.2) is 0 Å². The van der Waals surface area contributed by atoms with Crippen LogP contribution >= 0.6 is 0 Å². The fourth-order valence-corrected chi connectivity index (χ4v) is 1.24. The van der Waals surface area contributed by atoms with Gasteiger partial charge in [-0.05, 0) is 35.4 Å². The van der Waals surface area contributed by atoms with Crippen LogP contribution in [0.3, 0.4) is 0 Å². The van der Waals surface area contributed by atoms with Gasteiger partial charge in [0.05, 0.1) is 11.9 Å². The molecular formula is C22H32N2O4Sn. The smallest absolute Gasteiger partial charge is 0.545 e.